The molecule has 2 aliphatic rings. The molecule has 0 spiro atoms. The van der Waals surface area contributed by atoms with Gasteiger partial charge < -0.3 is 24.4 Å². The van der Waals surface area contributed by atoms with E-state index in [4.69, 9.17) is 14.2 Å². The monoisotopic (exact) mass is 475 g/mol. The number of morpholine rings is 1. The molecule has 178 valence electrons. The van der Waals surface area contributed by atoms with Crippen molar-refractivity contribution < 1.29 is 27.4 Å². The Morgan fingerprint density at radius 2 is 1.76 bits per heavy atom. The van der Waals surface area contributed by atoms with Crippen LogP contribution in [0.25, 0.3) is 0 Å². The smallest absolute Gasteiger partial charge is 0.253 e. The molecule has 9 nitrogen and oxygen atoms in total. The lowest BCUT2D eigenvalue weighted by Crippen LogP contribution is -2.38. The molecule has 2 aromatic rings. The maximum Gasteiger partial charge on any atom is 0.253 e. The lowest BCUT2D eigenvalue weighted by atomic mass is 10.1. The second kappa shape index (κ2) is 9.98. The Hall–Kier alpha value is -2.82. The summed E-state index contributed by atoms with van der Waals surface area (Å²) in [7, 11) is -3.70. The van der Waals surface area contributed by atoms with E-state index in [1.807, 2.05) is 17.0 Å². The zero-order valence-electron chi connectivity index (χ0n) is 18.9. The number of hydrogen-bond acceptors (Lipinski definition) is 7. The number of ether oxygens (including phenoxy) is 3. The molecule has 2 aromatic carbocycles. The first kappa shape index (κ1) is 23.3. The van der Waals surface area contributed by atoms with E-state index in [9.17, 15) is 13.2 Å². The third-order valence-electron chi connectivity index (χ3n) is 5.80. The van der Waals surface area contributed by atoms with Gasteiger partial charge in [0.15, 0.2) is 11.5 Å². The van der Waals surface area contributed by atoms with Crippen LogP contribution in [-0.4, -0.2) is 64.8 Å². The number of rotatable bonds is 8. The van der Waals surface area contributed by atoms with Gasteiger partial charge in [0.2, 0.25) is 16.8 Å². The summed E-state index contributed by atoms with van der Waals surface area (Å²) in [5.41, 5.74) is 1.87. The van der Waals surface area contributed by atoms with E-state index in [-0.39, 0.29) is 24.1 Å². The summed E-state index contributed by atoms with van der Waals surface area (Å²) < 4.78 is 43.7. The highest BCUT2D eigenvalue weighted by Crippen LogP contribution is 2.32. The number of nitrogens with one attached hydrogen (secondary N) is 1. The molecule has 2 heterocycles. The molecular weight excluding hydrogens is 446 g/mol. The van der Waals surface area contributed by atoms with E-state index in [2.05, 4.69) is 5.32 Å². The first-order valence-corrected chi connectivity index (χ1v) is 12.5. The van der Waals surface area contributed by atoms with Gasteiger partial charge in [0.25, 0.3) is 5.91 Å². The van der Waals surface area contributed by atoms with Crippen LogP contribution in [0.2, 0.25) is 0 Å². The van der Waals surface area contributed by atoms with Crippen LogP contribution in [-0.2, 0) is 21.3 Å². The van der Waals surface area contributed by atoms with Crippen LogP contribution in [0.4, 0.5) is 5.69 Å². The molecule has 0 aliphatic carbocycles. The number of benzene rings is 2. The van der Waals surface area contributed by atoms with Gasteiger partial charge in [-0.15, -0.1) is 0 Å². The van der Waals surface area contributed by atoms with E-state index in [0.29, 0.717) is 62.1 Å². The van der Waals surface area contributed by atoms with Crippen molar-refractivity contribution >= 4 is 21.6 Å². The molecule has 0 radical (unpaired) electrons. The Bertz CT molecular complexity index is 1110. The first-order chi connectivity index (χ1) is 15.9. The van der Waals surface area contributed by atoms with Gasteiger partial charge in [0.1, 0.15) is 0 Å². The van der Waals surface area contributed by atoms with Gasteiger partial charge in [-0.2, -0.15) is 4.31 Å². The van der Waals surface area contributed by atoms with Crippen LogP contribution in [0.15, 0.2) is 41.3 Å². The minimum Gasteiger partial charge on any atom is -0.454 e. The number of nitrogens with zero attached hydrogens (tertiary/aromatic N) is 2. The summed E-state index contributed by atoms with van der Waals surface area (Å²) in [5.74, 6) is 0.975. The molecule has 10 heteroatoms. The summed E-state index contributed by atoms with van der Waals surface area (Å²) in [6, 6.07) is 10.3. The normalized spacial score (nSPS) is 15.7. The summed E-state index contributed by atoms with van der Waals surface area (Å²) in [6.07, 6.45) is 0. The van der Waals surface area contributed by atoms with Crippen LogP contribution >= 0.6 is 0 Å². The van der Waals surface area contributed by atoms with E-state index in [1.54, 1.807) is 32.0 Å². The third-order valence-corrected chi connectivity index (χ3v) is 7.84. The summed E-state index contributed by atoms with van der Waals surface area (Å²) in [6.45, 7) is 7.12. The van der Waals surface area contributed by atoms with Gasteiger partial charge in [-0.1, -0.05) is 19.9 Å². The number of fused-ring (bicyclic) bond motifs is 1. The van der Waals surface area contributed by atoms with E-state index < -0.39 is 10.0 Å². The van der Waals surface area contributed by atoms with Crippen LogP contribution in [0, 0.1) is 0 Å². The molecule has 0 unspecified atom stereocenters. The Labute approximate surface area is 194 Å². The van der Waals surface area contributed by atoms with Crippen molar-refractivity contribution in [2.45, 2.75) is 25.3 Å². The minimum atomic E-state index is -3.70. The molecule has 2 aliphatic heterocycles. The number of sulfonamides is 1. The van der Waals surface area contributed by atoms with Gasteiger partial charge in [-0.05, 0) is 35.9 Å². The molecule has 1 amide bonds. The molecule has 1 fully saturated rings. The van der Waals surface area contributed by atoms with Crippen LogP contribution in [0.5, 0.6) is 11.5 Å². The van der Waals surface area contributed by atoms with Crippen molar-refractivity contribution in [3.05, 3.63) is 47.5 Å². The maximum atomic E-state index is 13.3. The predicted molar refractivity (Wildman–Crippen MR) is 123 cm³/mol. The molecule has 1 saturated heterocycles. The zero-order chi connectivity index (χ0) is 23.4. The Balaban J connectivity index is 1.62. The van der Waals surface area contributed by atoms with Gasteiger partial charge in [-0.25, -0.2) is 8.42 Å². The van der Waals surface area contributed by atoms with Crippen molar-refractivity contribution in [3.63, 3.8) is 0 Å². The largest absolute Gasteiger partial charge is 0.454 e. The summed E-state index contributed by atoms with van der Waals surface area (Å²) in [5, 5.41) is 2.92. The first-order valence-electron chi connectivity index (χ1n) is 11.1. The van der Waals surface area contributed by atoms with Crippen LogP contribution < -0.4 is 19.7 Å². The number of carbonyl (C=O) groups is 1. The highest BCUT2D eigenvalue weighted by Gasteiger charge is 2.26. The van der Waals surface area contributed by atoms with Gasteiger partial charge in [0, 0.05) is 38.4 Å². The molecular formula is C23H29N3O6S. The second-order valence-corrected chi connectivity index (χ2v) is 9.68. The lowest BCUT2D eigenvalue weighted by molar-refractivity contribution is 0.0949. The highest BCUT2D eigenvalue weighted by atomic mass is 32.2. The van der Waals surface area contributed by atoms with E-state index in [0.717, 1.165) is 5.56 Å². The Morgan fingerprint density at radius 3 is 2.48 bits per heavy atom. The number of carbonyl (C=O) groups excluding carboxylic acids is 1. The Kier molecular flexibility index (Phi) is 7.06. The van der Waals surface area contributed by atoms with Gasteiger partial charge >= 0.3 is 0 Å². The van der Waals surface area contributed by atoms with Crippen LogP contribution in [0.3, 0.4) is 0 Å². The molecule has 1 N–H and O–H groups in total. The SMILES string of the molecule is CCN(CC)S(=O)(=O)c1ccc(N2CCOCC2)c(C(=O)NCc2ccc3c(c2)OCO3)c1. The van der Waals surface area contributed by atoms with Crippen molar-refractivity contribution in [2.24, 2.45) is 0 Å². The fourth-order valence-electron chi connectivity index (χ4n) is 3.98. The predicted octanol–water partition coefficient (Wildman–Crippen LogP) is 2.21. The standard InChI is InChI=1S/C23H29N3O6S/c1-3-26(4-2)33(28,29)18-6-7-20(25-9-11-30-12-10-25)19(14-18)23(27)24-15-17-5-8-21-22(13-17)32-16-31-21/h5-8,13-14H,3-4,9-12,15-16H2,1-2H3,(H,24,27). The molecule has 0 bridgehead atoms. The molecule has 0 atom stereocenters. The quantitative estimate of drug-likeness (QED) is 0.625. The van der Waals surface area contributed by atoms with Crippen molar-refractivity contribution in [1.82, 2.24) is 9.62 Å². The van der Waals surface area contributed by atoms with Crippen molar-refractivity contribution in [1.29, 1.82) is 0 Å². The number of hydrogen-bond donors (Lipinski definition) is 1. The van der Waals surface area contributed by atoms with Gasteiger partial charge in [0.05, 0.1) is 23.7 Å². The van der Waals surface area contributed by atoms with Crippen LogP contribution in [0.1, 0.15) is 29.8 Å². The fraction of sp³-hybridized carbons (Fsp3) is 0.435. The summed E-state index contributed by atoms with van der Waals surface area (Å²) in [4.78, 5) is 15.4. The fourth-order valence-corrected chi connectivity index (χ4v) is 5.46. The zero-order valence-corrected chi connectivity index (χ0v) is 19.7. The highest BCUT2D eigenvalue weighted by molar-refractivity contribution is 7.89. The van der Waals surface area contributed by atoms with Crippen molar-refractivity contribution in [2.75, 3.05) is 51.1 Å². The molecule has 33 heavy (non-hydrogen) atoms. The van der Waals surface area contributed by atoms with E-state index >= 15 is 0 Å². The molecule has 4 rings (SSSR count). The molecule has 0 aromatic heterocycles. The minimum absolute atomic E-state index is 0.108. The van der Waals surface area contributed by atoms with Crippen molar-refractivity contribution in [3.8, 4) is 11.5 Å². The number of amides is 1. The maximum absolute atomic E-state index is 13.3. The summed E-state index contributed by atoms with van der Waals surface area (Å²) >= 11 is 0. The van der Waals surface area contributed by atoms with Gasteiger partial charge in [-0.3, -0.25) is 4.79 Å². The lowest BCUT2D eigenvalue weighted by Gasteiger charge is -2.30. The second-order valence-electron chi connectivity index (χ2n) is 7.74. The average molecular weight is 476 g/mol. The average Bonchev–Trinajstić information content (AvgIpc) is 3.31. The Morgan fingerprint density at radius 1 is 1.03 bits per heavy atom. The van der Waals surface area contributed by atoms with E-state index in [1.165, 1.54) is 10.4 Å². The molecule has 0 saturated carbocycles. The third kappa shape index (κ3) is 4.92. The number of anilines is 1. The topological polar surface area (TPSA) is 97.4 Å².